The summed E-state index contributed by atoms with van der Waals surface area (Å²) in [6, 6.07) is 7.11. The van der Waals surface area contributed by atoms with Crippen molar-refractivity contribution in [2.75, 3.05) is 0 Å². The van der Waals surface area contributed by atoms with E-state index in [1.165, 1.54) is 0 Å². The number of hydrogen-bond donors (Lipinski definition) is 2. The Morgan fingerprint density at radius 2 is 1.78 bits per heavy atom. The number of aryl methyl sites for hydroxylation is 1. The first-order valence-electron chi connectivity index (χ1n) is 5.63. The Morgan fingerprint density at radius 3 is 2.44 bits per heavy atom. The third-order valence-electron chi connectivity index (χ3n) is 3.42. The van der Waals surface area contributed by atoms with Crippen LogP contribution in [0.4, 0.5) is 0 Å². The van der Waals surface area contributed by atoms with E-state index in [4.69, 9.17) is 0 Å². The van der Waals surface area contributed by atoms with Gasteiger partial charge in [-0.15, -0.1) is 0 Å². The molecule has 5 rings (SSSR count). The van der Waals surface area contributed by atoms with Gasteiger partial charge in [0, 0.05) is 0 Å². The van der Waals surface area contributed by atoms with Crippen molar-refractivity contribution in [3.8, 4) is 0 Å². The number of hydrogen-bond acceptors (Lipinski definition) is 2. The van der Waals surface area contributed by atoms with E-state index in [0.29, 0.717) is 29.2 Å². The van der Waals surface area contributed by atoms with Crippen LogP contribution in [0.3, 0.4) is 0 Å². The lowest BCUT2D eigenvalue weighted by atomic mass is 9.86. The van der Waals surface area contributed by atoms with Gasteiger partial charge in [-0.1, -0.05) is 18.2 Å². The second kappa shape index (κ2) is 3.57. The number of benzene rings is 2. The van der Waals surface area contributed by atoms with Crippen LogP contribution in [-0.2, 0) is 12.8 Å². The second-order valence-corrected chi connectivity index (χ2v) is 4.44. The van der Waals surface area contributed by atoms with Crippen LogP contribution in [0.15, 0.2) is 24.3 Å². The van der Waals surface area contributed by atoms with Gasteiger partial charge in [-0.05, 0) is 40.8 Å². The van der Waals surface area contributed by atoms with Crippen LogP contribution < -0.4 is 0 Å². The van der Waals surface area contributed by atoms with Gasteiger partial charge in [0.2, 0.25) is 0 Å². The zero-order valence-electron chi connectivity index (χ0n) is 9.43. The van der Waals surface area contributed by atoms with E-state index in [1.54, 1.807) is 12.1 Å². The number of rotatable bonds is 2. The minimum atomic E-state index is -1.07. The van der Waals surface area contributed by atoms with Crippen molar-refractivity contribution in [2.45, 2.75) is 12.8 Å². The number of fused-ring (bicyclic) bond motifs is 2. The molecule has 0 amide bonds. The topological polar surface area (TPSA) is 74.6 Å². The first-order valence-corrected chi connectivity index (χ1v) is 5.63. The molecule has 2 N–H and O–H groups in total. The van der Waals surface area contributed by atoms with E-state index in [1.807, 2.05) is 12.1 Å². The highest BCUT2D eigenvalue weighted by Gasteiger charge is 2.23. The van der Waals surface area contributed by atoms with Crippen LogP contribution in [0.2, 0.25) is 0 Å². The van der Waals surface area contributed by atoms with Crippen LogP contribution in [0.1, 0.15) is 31.8 Å². The van der Waals surface area contributed by atoms with Crippen LogP contribution in [-0.4, -0.2) is 22.2 Å². The molecule has 4 bridgehead atoms. The molecular weight excluding hydrogens is 232 g/mol. The van der Waals surface area contributed by atoms with Gasteiger partial charge in [-0.2, -0.15) is 0 Å². The Morgan fingerprint density at radius 1 is 1.00 bits per heavy atom. The Bertz CT molecular complexity index is 700. The molecule has 0 fully saturated rings. The molecule has 0 aromatic heterocycles. The zero-order valence-corrected chi connectivity index (χ0v) is 9.43. The predicted molar refractivity (Wildman–Crippen MR) is 65.3 cm³/mol. The van der Waals surface area contributed by atoms with Crippen molar-refractivity contribution in [2.24, 2.45) is 0 Å². The minimum Gasteiger partial charge on any atom is -0.478 e. The van der Waals surface area contributed by atoms with Crippen molar-refractivity contribution in [1.29, 1.82) is 0 Å². The van der Waals surface area contributed by atoms with E-state index < -0.39 is 11.9 Å². The molecule has 0 aliphatic heterocycles. The molecule has 4 nitrogen and oxygen atoms in total. The van der Waals surface area contributed by atoms with Gasteiger partial charge in [0.05, 0.1) is 11.1 Å². The van der Waals surface area contributed by atoms with Crippen molar-refractivity contribution in [3.05, 3.63) is 46.5 Å². The monoisotopic (exact) mass is 242 g/mol. The summed E-state index contributed by atoms with van der Waals surface area (Å²) < 4.78 is 0. The second-order valence-electron chi connectivity index (χ2n) is 4.44. The number of carboxylic acid groups (broad SMARTS) is 2. The highest BCUT2D eigenvalue weighted by molar-refractivity contribution is 6.09. The van der Waals surface area contributed by atoms with Gasteiger partial charge in [0.1, 0.15) is 0 Å². The Balaban J connectivity index is 2.53. The van der Waals surface area contributed by atoms with Gasteiger partial charge in [-0.25, -0.2) is 9.59 Å². The average molecular weight is 242 g/mol. The molecule has 18 heavy (non-hydrogen) atoms. The van der Waals surface area contributed by atoms with E-state index in [-0.39, 0.29) is 11.1 Å². The molecule has 2 aromatic carbocycles. The standard InChI is InChI=1S/C14H10O4/c15-13(16)11-6-8-5-7-1-3-9(8)12(14(17)18)10(11)4-2-7/h1,3,5-6H,2,4H2,(H,15,16)(H,17,18). The lowest BCUT2D eigenvalue weighted by Crippen LogP contribution is -2.14. The molecular formula is C14H10O4. The van der Waals surface area contributed by atoms with Crippen LogP contribution in [0, 0.1) is 0 Å². The molecule has 2 aromatic rings. The smallest absolute Gasteiger partial charge is 0.336 e. The fourth-order valence-electron chi connectivity index (χ4n) is 2.62. The maximum absolute atomic E-state index is 11.4. The molecule has 90 valence electrons. The van der Waals surface area contributed by atoms with E-state index in [0.717, 1.165) is 5.56 Å². The van der Waals surface area contributed by atoms with Gasteiger partial charge < -0.3 is 10.2 Å². The summed E-state index contributed by atoms with van der Waals surface area (Å²) in [6.07, 6.45) is 1.12. The third kappa shape index (κ3) is 1.39. The Hall–Kier alpha value is -2.36. The van der Waals surface area contributed by atoms with Crippen LogP contribution in [0.5, 0.6) is 0 Å². The Labute approximate surface area is 102 Å². The third-order valence-corrected chi connectivity index (χ3v) is 3.42. The van der Waals surface area contributed by atoms with Crippen molar-refractivity contribution in [1.82, 2.24) is 0 Å². The molecule has 0 unspecified atom stereocenters. The fraction of sp³-hybridized carbons (Fsp3) is 0.143. The summed E-state index contributed by atoms with van der Waals surface area (Å²) in [4.78, 5) is 22.6. The molecule has 3 aliphatic carbocycles. The summed E-state index contributed by atoms with van der Waals surface area (Å²) in [6.45, 7) is 0. The number of carboxylic acids is 2. The number of aromatic carboxylic acids is 2. The molecule has 0 saturated heterocycles. The maximum Gasteiger partial charge on any atom is 0.336 e. The molecule has 0 saturated carbocycles. The van der Waals surface area contributed by atoms with Crippen molar-refractivity contribution < 1.29 is 19.8 Å². The summed E-state index contributed by atoms with van der Waals surface area (Å²) in [5.74, 6) is -2.13. The van der Waals surface area contributed by atoms with Crippen molar-refractivity contribution in [3.63, 3.8) is 0 Å². The minimum absolute atomic E-state index is 0.108. The molecule has 0 atom stereocenters. The highest BCUT2D eigenvalue weighted by atomic mass is 16.4. The number of carbonyl (C=O) groups is 2. The lowest BCUT2D eigenvalue weighted by Gasteiger charge is -2.17. The van der Waals surface area contributed by atoms with E-state index in [9.17, 15) is 19.8 Å². The van der Waals surface area contributed by atoms with Gasteiger partial charge in [0.25, 0.3) is 0 Å². The lowest BCUT2D eigenvalue weighted by molar-refractivity contribution is 0.0696. The van der Waals surface area contributed by atoms with Crippen LogP contribution in [0.25, 0.3) is 10.8 Å². The maximum atomic E-state index is 11.4. The summed E-state index contributed by atoms with van der Waals surface area (Å²) in [5, 5.41) is 19.8. The largest absolute Gasteiger partial charge is 0.478 e. The summed E-state index contributed by atoms with van der Waals surface area (Å²) >= 11 is 0. The first-order chi connectivity index (χ1) is 8.58. The SMILES string of the molecule is O=C(O)c1cc2cc3ccc2c(C(=O)O)c1CC3. The van der Waals surface area contributed by atoms with Gasteiger partial charge in [-0.3, -0.25) is 0 Å². The molecule has 0 spiro atoms. The zero-order chi connectivity index (χ0) is 12.9. The fourth-order valence-corrected chi connectivity index (χ4v) is 2.62. The summed E-state index contributed by atoms with van der Waals surface area (Å²) in [7, 11) is 0. The molecule has 3 aliphatic rings. The van der Waals surface area contributed by atoms with E-state index >= 15 is 0 Å². The summed E-state index contributed by atoms with van der Waals surface area (Å²) in [5.41, 5.74) is 1.79. The first kappa shape index (κ1) is 10.8. The normalized spacial score (nSPS) is 12.9. The quantitative estimate of drug-likeness (QED) is 0.847. The molecule has 4 heteroatoms. The molecule has 0 radical (unpaired) electrons. The van der Waals surface area contributed by atoms with Gasteiger partial charge >= 0.3 is 11.9 Å². The highest BCUT2D eigenvalue weighted by Crippen LogP contribution is 2.31. The van der Waals surface area contributed by atoms with E-state index in [2.05, 4.69) is 0 Å². The van der Waals surface area contributed by atoms with Gasteiger partial charge in [0.15, 0.2) is 0 Å². The predicted octanol–water partition coefficient (Wildman–Crippen LogP) is 2.33. The van der Waals surface area contributed by atoms with Crippen LogP contribution >= 0.6 is 0 Å². The average Bonchev–Trinajstić information content (AvgIpc) is 2.28. The van der Waals surface area contributed by atoms with Crippen molar-refractivity contribution >= 4 is 22.7 Å². The Kier molecular flexibility index (Phi) is 2.13. The molecule has 0 heterocycles.